The van der Waals surface area contributed by atoms with Crippen molar-refractivity contribution in [3.05, 3.63) is 76.2 Å². The van der Waals surface area contributed by atoms with E-state index in [1.54, 1.807) is 24.4 Å². The maximum atomic E-state index is 11.8. The minimum Gasteiger partial charge on any atom is -0.455 e. The third-order valence-electron chi connectivity index (χ3n) is 3.30. The molecule has 3 rings (SSSR count). The molecule has 0 bridgehead atoms. The first-order valence-corrected chi connectivity index (χ1v) is 8.02. The topological polar surface area (TPSA) is 67.5 Å². The number of rotatable bonds is 4. The number of halogens is 1. The van der Waals surface area contributed by atoms with Gasteiger partial charge in [0.15, 0.2) is 0 Å². The van der Waals surface area contributed by atoms with Crippen LogP contribution in [0.4, 0.5) is 0 Å². The van der Waals surface area contributed by atoms with Gasteiger partial charge in [-0.15, -0.1) is 0 Å². The third kappa shape index (κ3) is 3.78. The van der Waals surface area contributed by atoms with Crippen molar-refractivity contribution in [2.24, 2.45) is 5.10 Å². The lowest BCUT2D eigenvalue weighted by atomic mass is 10.1. The summed E-state index contributed by atoms with van der Waals surface area (Å²) < 4.78 is 6.70. The molecule has 2 aromatic heterocycles. The van der Waals surface area contributed by atoms with Crippen LogP contribution in [0.25, 0.3) is 11.3 Å². The highest BCUT2D eigenvalue weighted by molar-refractivity contribution is 9.10. The van der Waals surface area contributed by atoms with Crippen molar-refractivity contribution < 1.29 is 9.21 Å². The van der Waals surface area contributed by atoms with Crippen molar-refractivity contribution in [3.8, 4) is 11.3 Å². The molecular weight excluding hydrogens is 370 g/mol. The SMILES string of the molecule is Cc1ccc(-c2ccc(C=NNC(=O)c3cccnc3)o2)c(Br)c1. The smallest absolute Gasteiger partial charge is 0.272 e. The highest BCUT2D eigenvalue weighted by Gasteiger charge is 2.08. The van der Waals surface area contributed by atoms with Gasteiger partial charge < -0.3 is 4.42 Å². The van der Waals surface area contributed by atoms with Gasteiger partial charge in [-0.1, -0.05) is 22.0 Å². The molecule has 5 nitrogen and oxygen atoms in total. The second-order valence-electron chi connectivity index (χ2n) is 5.13. The number of hydrogen-bond donors (Lipinski definition) is 1. The summed E-state index contributed by atoms with van der Waals surface area (Å²) in [5.74, 6) is 0.943. The Kier molecular flexibility index (Phi) is 4.86. The lowest BCUT2D eigenvalue weighted by Gasteiger charge is -2.02. The zero-order chi connectivity index (χ0) is 16.9. The molecule has 0 radical (unpaired) electrons. The van der Waals surface area contributed by atoms with Crippen molar-refractivity contribution in [2.45, 2.75) is 6.92 Å². The van der Waals surface area contributed by atoms with Gasteiger partial charge in [-0.25, -0.2) is 5.43 Å². The largest absolute Gasteiger partial charge is 0.455 e. The van der Waals surface area contributed by atoms with Gasteiger partial charge in [0.05, 0.1) is 11.8 Å². The van der Waals surface area contributed by atoms with E-state index in [4.69, 9.17) is 4.42 Å². The average molecular weight is 384 g/mol. The Balaban J connectivity index is 1.69. The number of aromatic nitrogens is 1. The quantitative estimate of drug-likeness (QED) is 0.542. The van der Waals surface area contributed by atoms with Gasteiger partial charge in [0.25, 0.3) is 5.91 Å². The Morgan fingerprint density at radius 2 is 2.17 bits per heavy atom. The van der Waals surface area contributed by atoms with E-state index in [2.05, 4.69) is 31.4 Å². The molecule has 0 aliphatic heterocycles. The van der Waals surface area contributed by atoms with Gasteiger partial charge in [0, 0.05) is 22.4 Å². The maximum absolute atomic E-state index is 11.8. The number of furan rings is 1. The van der Waals surface area contributed by atoms with E-state index in [1.165, 1.54) is 12.4 Å². The van der Waals surface area contributed by atoms with Crippen molar-refractivity contribution >= 4 is 28.1 Å². The monoisotopic (exact) mass is 383 g/mol. The van der Waals surface area contributed by atoms with Crippen LogP contribution in [0.2, 0.25) is 0 Å². The van der Waals surface area contributed by atoms with E-state index in [-0.39, 0.29) is 5.91 Å². The number of carbonyl (C=O) groups is 1. The summed E-state index contributed by atoms with van der Waals surface area (Å²) in [6, 6.07) is 13.0. The van der Waals surface area contributed by atoms with Gasteiger partial charge in [-0.05, 0) is 48.9 Å². The Hall–Kier alpha value is -2.73. The Labute approximate surface area is 147 Å². The van der Waals surface area contributed by atoms with Gasteiger partial charge >= 0.3 is 0 Å². The van der Waals surface area contributed by atoms with Crippen molar-refractivity contribution in [3.63, 3.8) is 0 Å². The van der Waals surface area contributed by atoms with Crippen molar-refractivity contribution in [2.75, 3.05) is 0 Å². The number of benzene rings is 1. The van der Waals surface area contributed by atoms with Crippen LogP contribution in [0.5, 0.6) is 0 Å². The molecule has 0 unspecified atom stereocenters. The minimum atomic E-state index is -0.326. The van der Waals surface area contributed by atoms with E-state index in [0.717, 1.165) is 21.4 Å². The zero-order valence-electron chi connectivity index (χ0n) is 12.9. The molecule has 0 aliphatic rings. The van der Waals surface area contributed by atoms with E-state index in [1.807, 2.05) is 31.2 Å². The number of carbonyl (C=O) groups excluding carboxylic acids is 1. The van der Waals surface area contributed by atoms with Crippen molar-refractivity contribution in [1.82, 2.24) is 10.4 Å². The molecule has 1 N–H and O–H groups in total. The Morgan fingerprint density at radius 3 is 2.92 bits per heavy atom. The van der Waals surface area contributed by atoms with Crippen LogP contribution >= 0.6 is 15.9 Å². The molecule has 0 spiro atoms. The number of aryl methyl sites for hydroxylation is 1. The molecule has 0 saturated heterocycles. The predicted octanol–water partition coefficient (Wildman–Crippen LogP) is 4.18. The molecule has 1 aromatic carbocycles. The van der Waals surface area contributed by atoms with E-state index < -0.39 is 0 Å². The summed E-state index contributed by atoms with van der Waals surface area (Å²) in [6.45, 7) is 2.03. The summed E-state index contributed by atoms with van der Waals surface area (Å²) in [7, 11) is 0. The van der Waals surface area contributed by atoms with Crippen LogP contribution < -0.4 is 5.43 Å². The lowest BCUT2D eigenvalue weighted by molar-refractivity contribution is 0.0955. The highest BCUT2D eigenvalue weighted by atomic mass is 79.9. The molecule has 0 atom stereocenters. The van der Waals surface area contributed by atoms with Gasteiger partial charge in [-0.3, -0.25) is 9.78 Å². The summed E-state index contributed by atoms with van der Waals surface area (Å²) in [4.78, 5) is 15.7. The second-order valence-corrected chi connectivity index (χ2v) is 5.98. The first-order chi connectivity index (χ1) is 11.6. The fourth-order valence-electron chi connectivity index (χ4n) is 2.10. The first-order valence-electron chi connectivity index (χ1n) is 7.23. The van der Waals surface area contributed by atoms with Crippen LogP contribution in [0, 0.1) is 6.92 Å². The molecule has 2 heterocycles. The summed E-state index contributed by atoms with van der Waals surface area (Å²) in [6.07, 6.45) is 4.54. The molecule has 6 heteroatoms. The molecule has 0 saturated carbocycles. The molecule has 3 aromatic rings. The van der Waals surface area contributed by atoms with Crippen LogP contribution in [-0.4, -0.2) is 17.1 Å². The lowest BCUT2D eigenvalue weighted by Crippen LogP contribution is -2.17. The van der Waals surface area contributed by atoms with Gasteiger partial charge in [-0.2, -0.15) is 5.10 Å². The number of hydrogen-bond acceptors (Lipinski definition) is 4. The number of pyridine rings is 1. The number of hydrazone groups is 1. The first kappa shape index (κ1) is 16.1. The summed E-state index contributed by atoms with van der Waals surface area (Å²) >= 11 is 3.53. The Bertz CT molecular complexity index is 888. The normalized spacial score (nSPS) is 10.9. The third-order valence-corrected chi connectivity index (χ3v) is 3.95. The summed E-state index contributed by atoms with van der Waals surface area (Å²) in [5, 5.41) is 3.90. The van der Waals surface area contributed by atoms with Crippen LogP contribution in [-0.2, 0) is 0 Å². The second kappa shape index (κ2) is 7.23. The van der Waals surface area contributed by atoms with E-state index in [0.29, 0.717) is 11.3 Å². The number of nitrogens with zero attached hydrogens (tertiary/aromatic N) is 2. The molecule has 0 aliphatic carbocycles. The van der Waals surface area contributed by atoms with Crippen molar-refractivity contribution in [1.29, 1.82) is 0 Å². The molecular formula is C18H14BrN3O2. The Morgan fingerprint density at radius 1 is 1.29 bits per heavy atom. The highest BCUT2D eigenvalue weighted by Crippen LogP contribution is 2.30. The fraction of sp³-hybridized carbons (Fsp3) is 0.0556. The number of amides is 1. The maximum Gasteiger partial charge on any atom is 0.272 e. The van der Waals surface area contributed by atoms with Crippen LogP contribution in [0.1, 0.15) is 21.7 Å². The average Bonchev–Trinajstić information content (AvgIpc) is 3.04. The summed E-state index contributed by atoms with van der Waals surface area (Å²) in [5.41, 5.74) is 5.00. The van der Waals surface area contributed by atoms with Gasteiger partial charge in [0.1, 0.15) is 11.5 Å². The molecule has 1 amide bonds. The van der Waals surface area contributed by atoms with Crippen LogP contribution in [0.3, 0.4) is 0 Å². The van der Waals surface area contributed by atoms with Gasteiger partial charge in [0.2, 0.25) is 0 Å². The van der Waals surface area contributed by atoms with E-state index >= 15 is 0 Å². The van der Waals surface area contributed by atoms with Crippen LogP contribution in [0.15, 0.2) is 68.8 Å². The predicted molar refractivity (Wildman–Crippen MR) is 95.9 cm³/mol. The standard InChI is InChI=1S/C18H14BrN3O2/c1-12-4-6-15(16(19)9-12)17-7-5-14(24-17)11-21-22-18(23)13-3-2-8-20-10-13/h2-11H,1H3,(H,22,23). The number of nitrogens with one attached hydrogen (secondary N) is 1. The molecule has 120 valence electrons. The minimum absolute atomic E-state index is 0.326. The molecule has 0 fully saturated rings. The van der Waals surface area contributed by atoms with E-state index in [9.17, 15) is 4.79 Å². The zero-order valence-corrected chi connectivity index (χ0v) is 14.4. The molecule has 24 heavy (non-hydrogen) atoms. The fourth-order valence-corrected chi connectivity index (χ4v) is 2.79.